The van der Waals surface area contributed by atoms with E-state index in [0.717, 1.165) is 38.1 Å². The van der Waals surface area contributed by atoms with Crippen molar-refractivity contribution in [1.29, 1.82) is 0 Å². The van der Waals surface area contributed by atoms with Crippen molar-refractivity contribution >= 4 is 32.6 Å². The lowest BCUT2D eigenvalue weighted by Crippen LogP contribution is -2.36. The molecule has 24 heavy (non-hydrogen) atoms. The Balaban J connectivity index is 1.58. The van der Waals surface area contributed by atoms with Crippen LogP contribution in [0.1, 0.15) is 31.2 Å². The maximum atomic E-state index is 12.7. The molecular formula is C16H18F3N3OS. The number of carbonyl (C=O) groups excluding carboxylic acids is 1. The molecule has 4 nitrogen and oxygen atoms in total. The van der Waals surface area contributed by atoms with Gasteiger partial charge in [0.1, 0.15) is 0 Å². The van der Waals surface area contributed by atoms with Crippen molar-refractivity contribution in [2.24, 2.45) is 0 Å². The summed E-state index contributed by atoms with van der Waals surface area (Å²) in [6.45, 7) is 2.07. The monoisotopic (exact) mass is 357 g/mol. The number of rotatable bonds is 4. The number of nitrogens with zero attached hydrogens (tertiary/aromatic N) is 2. The number of fused-ring (bicyclic) bond motifs is 1. The first-order valence-electron chi connectivity index (χ1n) is 7.93. The second-order valence-electron chi connectivity index (χ2n) is 5.82. The van der Waals surface area contributed by atoms with E-state index in [2.05, 4.69) is 10.3 Å². The normalized spacial score (nSPS) is 15.7. The zero-order valence-electron chi connectivity index (χ0n) is 13.0. The van der Waals surface area contributed by atoms with Crippen LogP contribution in [0.4, 0.5) is 18.3 Å². The second-order valence-corrected chi connectivity index (χ2v) is 6.85. The van der Waals surface area contributed by atoms with Crippen LogP contribution < -0.4 is 5.32 Å². The maximum absolute atomic E-state index is 12.7. The molecule has 1 aromatic heterocycles. The number of nitrogens with one attached hydrogen (secondary N) is 1. The van der Waals surface area contributed by atoms with Crippen molar-refractivity contribution in [1.82, 2.24) is 9.88 Å². The first-order chi connectivity index (χ1) is 11.4. The van der Waals surface area contributed by atoms with Gasteiger partial charge in [0.05, 0.1) is 15.8 Å². The summed E-state index contributed by atoms with van der Waals surface area (Å²) in [4.78, 5) is 18.1. The predicted octanol–water partition coefficient (Wildman–Crippen LogP) is 4.13. The first kappa shape index (κ1) is 17.0. The number of anilines is 1. The molecule has 1 aliphatic rings. The van der Waals surface area contributed by atoms with Crippen LogP contribution in [0.5, 0.6) is 0 Å². The van der Waals surface area contributed by atoms with Crippen LogP contribution in [0.2, 0.25) is 0 Å². The fourth-order valence-electron chi connectivity index (χ4n) is 2.76. The summed E-state index contributed by atoms with van der Waals surface area (Å²) in [5, 5.41) is 3.58. The lowest BCUT2D eigenvalue weighted by Gasteiger charge is -2.26. The van der Waals surface area contributed by atoms with Gasteiger partial charge in [-0.05, 0) is 37.5 Å². The van der Waals surface area contributed by atoms with Gasteiger partial charge in [0, 0.05) is 26.1 Å². The summed E-state index contributed by atoms with van der Waals surface area (Å²) in [6, 6.07) is 3.54. The molecule has 130 valence electrons. The SMILES string of the molecule is O=C(CCNc1nc2cc(C(F)(F)F)ccc2s1)N1CCCCC1. The summed E-state index contributed by atoms with van der Waals surface area (Å²) < 4.78 is 38.8. The van der Waals surface area contributed by atoms with Crippen LogP contribution in [0.25, 0.3) is 10.2 Å². The summed E-state index contributed by atoms with van der Waals surface area (Å²) in [7, 11) is 0. The quantitative estimate of drug-likeness (QED) is 0.895. The van der Waals surface area contributed by atoms with E-state index in [1.807, 2.05) is 4.90 Å². The molecule has 0 saturated carbocycles. The standard InChI is InChI=1S/C16H18F3N3OS/c17-16(18,19)11-4-5-13-12(10-11)21-15(24-13)20-7-6-14(23)22-8-2-1-3-9-22/h4-5,10H,1-3,6-9H2,(H,20,21). The zero-order valence-corrected chi connectivity index (χ0v) is 13.8. The molecule has 1 aliphatic heterocycles. The highest BCUT2D eigenvalue weighted by Crippen LogP contribution is 2.33. The molecule has 1 N–H and O–H groups in total. The van der Waals surface area contributed by atoms with Gasteiger partial charge in [-0.3, -0.25) is 4.79 Å². The minimum Gasteiger partial charge on any atom is -0.361 e. The number of thiazole rings is 1. The van der Waals surface area contributed by atoms with Crippen LogP contribution in [0.15, 0.2) is 18.2 Å². The molecule has 8 heteroatoms. The summed E-state index contributed by atoms with van der Waals surface area (Å²) in [6.07, 6.45) is -0.721. The molecule has 0 unspecified atom stereocenters. The molecule has 1 amide bonds. The Bertz CT molecular complexity index is 723. The number of hydrogen-bond donors (Lipinski definition) is 1. The van der Waals surface area contributed by atoms with Gasteiger partial charge < -0.3 is 10.2 Å². The Hall–Kier alpha value is -1.83. The van der Waals surface area contributed by atoms with Gasteiger partial charge in [-0.25, -0.2) is 4.98 Å². The molecule has 0 atom stereocenters. The Morgan fingerprint density at radius 1 is 1.25 bits per heavy atom. The molecule has 1 aromatic carbocycles. The number of halogens is 3. The van der Waals surface area contributed by atoms with Crippen molar-refractivity contribution in [2.45, 2.75) is 31.9 Å². The molecule has 2 heterocycles. The van der Waals surface area contributed by atoms with Crippen LogP contribution in [0, 0.1) is 0 Å². The van der Waals surface area contributed by atoms with Gasteiger partial charge in [0.2, 0.25) is 5.91 Å². The van der Waals surface area contributed by atoms with Crippen molar-refractivity contribution in [3.63, 3.8) is 0 Å². The molecule has 0 aliphatic carbocycles. The number of aromatic nitrogens is 1. The first-order valence-corrected chi connectivity index (χ1v) is 8.74. The number of benzene rings is 1. The Kier molecular flexibility index (Phi) is 4.93. The van der Waals surface area contributed by atoms with E-state index >= 15 is 0 Å². The smallest absolute Gasteiger partial charge is 0.361 e. The molecule has 3 rings (SSSR count). The van der Waals surface area contributed by atoms with E-state index in [-0.39, 0.29) is 5.91 Å². The highest BCUT2D eigenvalue weighted by Gasteiger charge is 2.30. The largest absolute Gasteiger partial charge is 0.416 e. The van der Waals surface area contributed by atoms with Crippen LogP contribution >= 0.6 is 11.3 Å². The maximum Gasteiger partial charge on any atom is 0.416 e. The van der Waals surface area contributed by atoms with Gasteiger partial charge >= 0.3 is 6.18 Å². The van der Waals surface area contributed by atoms with Crippen molar-refractivity contribution < 1.29 is 18.0 Å². The molecule has 2 aromatic rings. The second kappa shape index (κ2) is 6.96. The third-order valence-corrected chi connectivity index (χ3v) is 5.03. The molecule has 0 spiro atoms. The molecule has 1 saturated heterocycles. The topological polar surface area (TPSA) is 45.2 Å². The van der Waals surface area contributed by atoms with Crippen molar-refractivity contribution in [3.8, 4) is 0 Å². The minimum atomic E-state index is -4.37. The average molecular weight is 357 g/mol. The van der Waals surface area contributed by atoms with E-state index in [1.54, 1.807) is 0 Å². The zero-order chi connectivity index (χ0) is 17.2. The van der Waals surface area contributed by atoms with Crippen LogP contribution in [-0.4, -0.2) is 35.4 Å². The van der Waals surface area contributed by atoms with E-state index in [4.69, 9.17) is 0 Å². The van der Waals surface area contributed by atoms with Crippen molar-refractivity contribution in [2.75, 3.05) is 25.0 Å². The third kappa shape index (κ3) is 3.98. The number of piperidine rings is 1. The fraction of sp³-hybridized carbons (Fsp3) is 0.500. The number of carbonyl (C=O) groups is 1. The third-order valence-electron chi connectivity index (χ3n) is 4.04. The van der Waals surface area contributed by atoms with Crippen molar-refractivity contribution in [3.05, 3.63) is 23.8 Å². The van der Waals surface area contributed by atoms with Gasteiger partial charge in [0.15, 0.2) is 5.13 Å². The summed E-state index contributed by atoms with van der Waals surface area (Å²) in [5.74, 6) is 0.114. The lowest BCUT2D eigenvalue weighted by molar-refractivity contribution is -0.137. The van der Waals surface area contributed by atoms with Gasteiger partial charge in [0.25, 0.3) is 0 Å². The van der Waals surface area contributed by atoms with E-state index < -0.39 is 11.7 Å². The highest BCUT2D eigenvalue weighted by atomic mass is 32.1. The van der Waals surface area contributed by atoms with Gasteiger partial charge in [-0.15, -0.1) is 0 Å². The fourth-order valence-corrected chi connectivity index (χ4v) is 3.63. The van der Waals surface area contributed by atoms with Gasteiger partial charge in [-0.2, -0.15) is 13.2 Å². The van der Waals surface area contributed by atoms with Crippen LogP contribution in [0.3, 0.4) is 0 Å². The Morgan fingerprint density at radius 2 is 2.00 bits per heavy atom. The highest BCUT2D eigenvalue weighted by molar-refractivity contribution is 7.22. The Morgan fingerprint density at radius 3 is 2.71 bits per heavy atom. The summed E-state index contributed by atoms with van der Waals surface area (Å²) in [5.41, 5.74) is -0.383. The van der Waals surface area contributed by atoms with E-state index in [9.17, 15) is 18.0 Å². The molecule has 0 bridgehead atoms. The Labute approximate surface area is 141 Å². The van der Waals surface area contributed by atoms with E-state index in [0.29, 0.717) is 28.3 Å². The number of alkyl halides is 3. The number of hydrogen-bond acceptors (Lipinski definition) is 4. The van der Waals surface area contributed by atoms with E-state index in [1.165, 1.54) is 23.8 Å². The molecular weight excluding hydrogens is 339 g/mol. The predicted molar refractivity (Wildman–Crippen MR) is 88.2 cm³/mol. The minimum absolute atomic E-state index is 0.114. The average Bonchev–Trinajstić information content (AvgIpc) is 2.96. The number of amides is 1. The molecule has 1 fully saturated rings. The van der Waals surface area contributed by atoms with Gasteiger partial charge in [-0.1, -0.05) is 11.3 Å². The lowest BCUT2D eigenvalue weighted by atomic mass is 10.1. The number of likely N-dealkylation sites (tertiary alicyclic amines) is 1. The van der Waals surface area contributed by atoms with Crippen LogP contribution in [-0.2, 0) is 11.0 Å². The summed E-state index contributed by atoms with van der Waals surface area (Å²) >= 11 is 1.29. The molecule has 0 radical (unpaired) electrons.